The van der Waals surface area contributed by atoms with Gasteiger partial charge in [-0.2, -0.15) is 0 Å². The molecule has 0 bridgehead atoms. The number of nitrogens with one attached hydrogen (secondary N) is 2. The first-order valence-corrected chi connectivity index (χ1v) is 5.48. The Labute approximate surface area is 95.1 Å². The summed E-state index contributed by atoms with van der Waals surface area (Å²) in [5, 5.41) is 2.61. The zero-order valence-electron chi connectivity index (χ0n) is 9.51. The minimum Gasteiger partial charge on any atom is -0.352 e. The lowest BCUT2D eigenvalue weighted by Crippen LogP contribution is -2.29. The second-order valence-electron chi connectivity index (χ2n) is 3.57. The van der Waals surface area contributed by atoms with Gasteiger partial charge in [-0.3, -0.25) is 9.59 Å². The molecule has 2 N–H and O–H groups in total. The molecule has 1 radical (unpaired) electrons. The van der Waals surface area contributed by atoms with Crippen molar-refractivity contribution >= 4 is 5.91 Å². The average Bonchev–Trinajstić information content (AvgIpc) is 2.28. The SMILES string of the molecule is [CH2]CCCc1c[nH]c(=O)c(C(=O)NCC)c1. The fourth-order valence-electron chi connectivity index (χ4n) is 1.43. The molecular formula is C12H17N2O2. The van der Waals surface area contributed by atoms with Gasteiger partial charge in [0.05, 0.1) is 0 Å². The predicted molar refractivity (Wildman–Crippen MR) is 63.4 cm³/mol. The lowest BCUT2D eigenvalue weighted by Gasteiger charge is -2.04. The number of carbonyl (C=O) groups excluding carboxylic acids is 1. The number of carbonyl (C=O) groups is 1. The van der Waals surface area contributed by atoms with Crippen LogP contribution in [0.5, 0.6) is 0 Å². The molecule has 0 saturated carbocycles. The van der Waals surface area contributed by atoms with Gasteiger partial charge in [0, 0.05) is 12.7 Å². The van der Waals surface area contributed by atoms with E-state index in [1.807, 2.05) is 6.92 Å². The Morgan fingerprint density at radius 3 is 2.94 bits per heavy atom. The van der Waals surface area contributed by atoms with E-state index in [0.29, 0.717) is 6.54 Å². The predicted octanol–water partition coefficient (Wildman–Crippen LogP) is 1.28. The number of aromatic nitrogens is 1. The Hall–Kier alpha value is -1.58. The van der Waals surface area contributed by atoms with Crippen LogP contribution in [-0.2, 0) is 6.42 Å². The molecule has 4 nitrogen and oxygen atoms in total. The molecule has 0 aromatic carbocycles. The van der Waals surface area contributed by atoms with E-state index in [2.05, 4.69) is 17.2 Å². The molecule has 0 aliphatic heterocycles. The minimum atomic E-state index is -0.343. The van der Waals surface area contributed by atoms with Crippen LogP contribution in [0.15, 0.2) is 17.1 Å². The van der Waals surface area contributed by atoms with Crippen LogP contribution >= 0.6 is 0 Å². The molecule has 4 heteroatoms. The summed E-state index contributed by atoms with van der Waals surface area (Å²) in [7, 11) is 0. The number of H-pyrrole nitrogens is 1. The van der Waals surface area contributed by atoms with Crippen LogP contribution in [0.2, 0.25) is 0 Å². The molecule has 87 valence electrons. The van der Waals surface area contributed by atoms with Gasteiger partial charge in [0.25, 0.3) is 11.5 Å². The number of pyridine rings is 1. The summed E-state index contributed by atoms with van der Waals surface area (Å²) in [6.07, 6.45) is 4.27. The standard InChI is InChI=1S/C12H17N2O2/c1-3-5-6-9-7-10(11(15)13-4-2)12(16)14-8-9/h7-8H,1,3-6H2,2H3,(H,13,15)(H,14,16). The molecule has 0 aliphatic carbocycles. The Kier molecular flexibility index (Phi) is 4.76. The highest BCUT2D eigenvalue weighted by Crippen LogP contribution is 2.04. The molecule has 1 rings (SSSR count). The number of unbranched alkanes of at least 4 members (excludes halogenated alkanes) is 1. The van der Waals surface area contributed by atoms with E-state index in [0.717, 1.165) is 24.8 Å². The van der Waals surface area contributed by atoms with Gasteiger partial charge >= 0.3 is 0 Å². The van der Waals surface area contributed by atoms with E-state index in [4.69, 9.17) is 0 Å². The largest absolute Gasteiger partial charge is 0.352 e. The van der Waals surface area contributed by atoms with Gasteiger partial charge in [-0.05, 0) is 31.4 Å². The molecular weight excluding hydrogens is 204 g/mol. The normalized spacial score (nSPS) is 10.1. The number of amides is 1. The van der Waals surface area contributed by atoms with Crippen LogP contribution in [0, 0.1) is 6.92 Å². The third-order valence-corrected chi connectivity index (χ3v) is 2.26. The lowest BCUT2D eigenvalue weighted by molar-refractivity contribution is 0.0954. The van der Waals surface area contributed by atoms with Gasteiger partial charge < -0.3 is 10.3 Å². The van der Waals surface area contributed by atoms with E-state index in [-0.39, 0.29) is 17.0 Å². The van der Waals surface area contributed by atoms with Gasteiger partial charge in [0.2, 0.25) is 0 Å². The molecule has 1 amide bonds. The second kappa shape index (κ2) is 6.10. The number of rotatable bonds is 5. The van der Waals surface area contributed by atoms with Crippen molar-refractivity contribution in [2.24, 2.45) is 0 Å². The van der Waals surface area contributed by atoms with Crippen molar-refractivity contribution < 1.29 is 4.79 Å². The number of hydrogen-bond acceptors (Lipinski definition) is 2. The second-order valence-corrected chi connectivity index (χ2v) is 3.57. The van der Waals surface area contributed by atoms with Crippen molar-refractivity contribution in [1.82, 2.24) is 10.3 Å². The molecule has 0 atom stereocenters. The van der Waals surface area contributed by atoms with Gasteiger partial charge in [0.1, 0.15) is 5.56 Å². The third kappa shape index (κ3) is 3.22. The monoisotopic (exact) mass is 221 g/mol. The van der Waals surface area contributed by atoms with Crippen LogP contribution in [0.1, 0.15) is 35.7 Å². The summed E-state index contributed by atoms with van der Waals surface area (Å²) in [5.41, 5.74) is 0.803. The van der Waals surface area contributed by atoms with Crippen molar-refractivity contribution in [2.45, 2.75) is 26.2 Å². The van der Waals surface area contributed by atoms with Crippen LogP contribution < -0.4 is 10.9 Å². The van der Waals surface area contributed by atoms with Crippen molar-refractivity contribution in [3.63, 3.8) is 0 Å². The van der Waals surface area contributed by atoms with Gasteiger partial charge in [0.15, 0.2) is 0 Å². The van der Waals surface area contributed by atoms with Crippen LogP contribution in [0.3, 0.4) is 0 Å². The first-order valence-electron chi connectivity index (χ1n) is 5.48. The smallest absolute Gasteiger partial charge is 0.260 e. The quantitative estimate of drug-likeness (QED) is 0.786. The zero-order valence-corrected chi connectivity index (χ0v) is 9.51. The Bertz CT molecular complexity index is 410. The molecule has 0 spiro atoms. The molecule has 0 unspecified atom stereocenters. The molecule has 1 aromatic heterocycles. The Morgan fingerprint density at radius 1 is 1.56 bits per heavy atom. The van der Waals surface area contributed by atoms with Crippen molar-refractivity contribution in [3.05, 3.63) is 40.7 Å². The molecule has 1 heterocycles. The maximum absolute atomic E-state index is 11.5. The molecule has 16 heavy (non-hydrogen) atoms. The van der Waals surface area contributed by atoms with E-state index in [1.54, 1.807) is 12.3 Å². The number of hydrogen-bond donors (Lipinski definition) is 2. The Balaban J connectivity index is 2.90. The highest BCUT2D eigenvalue weighted by atomic mass is 16.2. The van der Waals surface area contributed by atoms with Crippen molar-refractivity contribution in [2.75, 3.05) is 6.54 Å². The maximum atomic E-state index is 11.5. The van der Waals surface area contributed by atoms with Crippen LogP contribution in [-0.4, -0.2) is 17.4 Å². The first kappa shape index (κ1) is 12.5. The van der Waals surface area contributed by atoms with E-state index >= 15 is 0 Å². The summed E-state index contributed by atoms with van der Waals surface area (Å²) in [4.78, 5) is 25.6. The third-order valence-electron chi connectivity index (χ3n) is 2.26. The molecule has 1 aromatic rings. The fourth-order valence-corrected chi connectivity index (χ4v) is 1.43. The number of aromatic amines is 1. The topological polar surface area (TPSA) is 62.0 Å². The zero-order chi connectivity index (χ0) is 12.0. The van der Waals surface area contributed by atoms with E-state index in [9.17, 15) is 9.59 Å². The summed E-state index contributed by atoms with van der Waals surface area (Å²) in [6.45, 7) is 6.09. The molecule has 0 saturated heterocycles. The minimum absolute atomic E-state index is 0.184. The summed E-state index contributed by atoms with van der Waals surface area (Å²) < 4.78 is 0. The molecule has 0 fully saturated rings. The van der Waals surface area contributed by atoms with Crippen molar-refractivity contribution in [1.29, 1.82) is 0 Å². The first-order chi connectivity index (χ1) is 7.69. The lowest BCUT2D eigenvalue weighted by atomic mass is 10.1. The summed E-state index contributed by atoms with van der Waals surface area (Å²) in [5.74, 6) is -0.319. The van der Waals surface area contributed by atoms with Crippen LogP contribution in [0.4, 0.5) is 0 Å². The van der Waals surface area contributed by atoms with Gasteiger partial charge in [-0.25, -0.2) is 0 Å². The summed E-state index contributed by atoms with van der Waals surface area (Å²) >= 11 is 0. The highest BCUT2D eigenvalue weighted by molar-refractivity contribution is 5.93. The Morgan fingerprint density at radius 2 is 2.31 bits per heavy atom. The summed E-state index contributed by atoms with van der Waals surface area (Å²) in [6, 6.07) is 1.65. The van der Waals surface area contributed by atoms with Gasteiger partial charge in [-0.15, -0.1) is 0 Å². The molecule has 0 aliphatic rings. The maximum Gasteiger partial charge on any atom is 0.260 e. The van der Waals surface area contributed by atoms with Crippen molar-refractivity contribution in [3.8, 4) is 0 Å². The highest BCUT2D eigenvalue weighted by Gasteiger charge is 2.09. The van der Waals surface area contributed by atoms with E-state index < -0.39 is 0 Å². The fraction of sp³-hybridized carbons (Fsp3) is 0.417. The average molecular weight is 221 g/mol. The van der Waals surface area contributed by atoms with Gasteiger partial charge in [-0.1, -0.05) is 13.3 Å². The van der Waals surface area contributed by atoms with Crippen LogP contribution in [0.25, 0.3) is 0 Å². The van der Waals surface area contributed by atoms with E-state index in [1.165, 1.54) is 0 Å². The number of aryl methyl sites for hydroxylation is 1.